The van der Waals surface area contributed by atoms with Gasteiger partial charge < -0.3 is 5.11 Å². The maximum absolute atomic E-state index is 10.1. The van der Waals surface area contributed by atoms with Crippen molar-refractivity contribution in [1.29, 1.82) is 0 Å². The summed E-state index contributed by atoms with van der Waals surface area (Å²) in [6.45, 7) is 2.10. The number of benzene rings is 1. The molecule has 0 saturated carbocycles. The molecule has 1 aromatic carbocycles. The zero-order chi connectivity index (χ0) is 11.5. The molecule has 0 amide bonds. The van der Waals surface area contributed by atoms with E-state index < -0.39 is 0 Å². The molecule has 0 aliphatic heterocycles. The number of halogens is 1. The maximum atomic E-state index is 10.1. The normalized spacial score (nSPS) is 8.93. The lowest BCUT2D eigenvalue weighted by atomic mass is 10.2. The van der Waals surface area contributed by atoms with Crippen LogP contribution < -0.4 is 0 Å². The molecule has 1 rings (SSSR count). The fraction of sp³-hybridized carbons (Fsp3) is 0.417. The number of hydrogen-bond donors (Lipinski definition) is 1. The van der Waals surface area contributed by atoms with Crippen LogP contribution in [0.25, 0.3) is 0 Å². The van der Waals surface area contributed by atoms with Crippen molar-refractivity contribution in [3.8, 4) is 5.75 Å². The number of unbranched alkanes of at least 4 members (excludes halogenated alkanes) is 2. The molecular weight excluding hydrogens is 212 g/mol. The monoisotopic (exact) mass is 228 g/mol. The summed E-state index contributed by atoms with van der Waals surface area (Å²) in [5.74, 6) is 0.322. The minimum Gasteiger partial charge on any atom is -0.508 e. The van der Waals surface area contributed by atoms with Crippen molar-refractivity contribution in [2.45, 2.75) is 32.6 Å². The Hall–Kier alpha value is -1.02. The van der Waals surface area contributed by atoms with Gasteiger partial charge in [-0.3, -0.25) is 4.79 Å². The predicted molar refractivity (Wildman–Crippen MR) is 63.1 cm³/mol. The van der Waals surface area contributed by atoms with Gasteiger partial charge in [0.05, 0.1) is 0 Å². The van der Waals surface area contributed by atoms with E-state index in [2.05, 4.69) is 6.92 Å². The second-order valence-electron chi connectivity index (χ2n) is 3.15. The number of rotatable bonds is 4. The minimum atomic E-state index is -0.210. The molecule has 0 aliphatic carbocycles. The summed E-state index contributed by atoms with van der Waals surface area (Å²) in [6.07, 6.45) is 3.73. The van der Waals surface area contributed by atoms with Gasteiger partial charge in [-0.05, 0) is 30.2 Å². The Morgan fingerprint density at radius 2 is 1.87 bits per heavy atom. The molecule has 0 atom stereocenters. The highest BCUT2D eigenvalue weighted by molar-refractivity contribution is 6.63. The molecule has 0 unspecified atom stereocenters. The van der Waals surface area contributed by atoms with E-state index in [1.54, 1.807) is 24.3 Å². The summed E-state index contributed by atoms with van der Waals surface area (Å²) >= 11 is 5.07. The third-order valence-corrected chi connectivity index (χ3v) is 1.92. The molecule has 0 aromatic heterocycles. The molecule has 84 valence electrons. The molecule has 1 aromatic rings. The lowest BCUT2D eigenvalue weighted by molar-refractivity contribution is -0.111. The summed E-state index contributed by atoms with van der Waals surface area (Å²) in [4.78, 5) is 10.1. The first-order valence-electron chi connectivity index (χ1n) is 5.09. The lowest BCUT2D eigenvalue weighted by Gasteiger charge is -1.89. The topological polar surface area (TPSA) is 37.3 Å². The average Bonchev–Trinajstić information content (AvgIpc) is 2.20. The summed E-state index contributed by atoms with van der Waals surface area (Å²) in [6, 6.07) is 8.71. The van der Waals surface area contributed by atoms with Crippen molar-refractivity contribution in [3.05, 3.63) is 30.3 Å². The van der Waals surface area contributed by atoms with E-state index in [1.165, 1.54) is 0 Å². The third-order valence-electron chi connectivity index (χ3n) is 1.73. The van der Waals surface area contributed by atoms with Crippen molar-refractivity contribution in [1.82, 2.24) is 0 Å². The Labute approximate surface area is 95.9 Å². The van der Waals surface area contributed by atoms with Crippen LogP contribution in [0.4, 0.5) is 0 Å². The van der Waals surface area contributed by atoms with E-state index >= 15 is 0 Å². The van der Waals surface area contributed by atoms with E-state index in [0.29, 0.717) is 12.2 Å². The molecular formula is C12H17ClO2. The first-order chi connectivity index (χ1) is 7.16. The molecule has 15 heavy (non-hydrogen) atoms. The van der Waals surface area contributed by atoms with Gasteiger partial charge in [0, 0.05) is 6.42 Å². The summed E-state index contributed by atoms with van der Waals surface area (Å²) < 4.78 is 0. The number of carbonyl (C=O) groups is 1. The standard InChI is InChI=1S/C6H11ClO.C6H6O/c1-2-3-4-5-6(7)8;7-6-4-2-1-3-5-6/h2-5H2,1H3;1-5,7H. The van der Waals surface area contributed by atoms with Crippen molar-refractivity contribution < 1.29 is 9.90 Å². The molecule has 3 heteroatoms. The smallest absolute Gasteiger partial charge is 0.221 e. The third kappa shape index (κ3) is 10.9. The molecule has 0 heterocycles. The molecule has 1 N–H and O–H groups in total. The van der Waals surface area contributed by atoms with Crippen LogP contribution in [-0.2, 0) is 4.79 Å². The van der Waals surface area contributed by atoms with Crippen LogP contribution in [0, 0.1) is 0 Å². The highest BCUT2D eigenvalue weighted by Crippen LogP contribution is 2.02. The maximum Gasteiger partial charge on any atom is 0.221 e. The largest absolute Gasteiger partial charge is 0.508 e. The molecule has 0 aliphatic rings. The quantitative estimate of drug-likeness (QED) is 0.630. The predicted octanol–water partition coefficient (Wildman–Crippen LogP) is 3.72. The molecule has 0 spiro atoms. The zero-order valence-electron chi connectivity index (χ0n) is 8.95. The van der Waals surface area contributed by atoms with E-state index in [1.807, 2.05) is 6.07 Å². The van der Waals surface area contributed by atoms with Gasteiger partial charge in [-0.2, -0.15) is 0 Å². The van der Waals surface area contributed by atoms with E-state index in [-0.39, 0.29) is 5.24 Å². The van der Waals surface area contributed by atoms with Gasteiger partial charge in [-0.25, -0.2) is 0 Å². The molecule has 0 bridgehead atoms. The molecule has 0 radical (unpaired) electrons. The number of hydrogen-bond acceptors (Lipinski definition) is 2. The van der Waals surface area contributed by atoms with Gasteiger partial charge in [0.1, 0.15) is 5.75 Å². The van der Waals surface area contributed by atoms with Gasteiger partial charge in [0.2, 0.25) is 5.24 Å². The van der Waals surface area contributed by atoms with Crippen LogP contribution in [0.5, 0.6) is 5.75 Å². The fourth-order valence-electron chi connectivity index (χ4n) is 0.942. The van der Waals surface area contributed by atoms with Gasteiger partial charge >= 0.3 is 0 Å². The van der Waals surface area contributed by atoms with Crippen LogP contribution in [-0.4, -0.2) is 10.3 Å². The van der Waals surface area contributed by atoms with E-state index in [4.69, 9.17) is 16.7 Å². The summed E-state index contributed by atoms with van der Waals surface area (Å²) in [7, 11) is 0. The molecule has 0 fully saturated rings. The Bertz CT molecular complexity index is 260. The second-order valence-corrected chi connectivity index (χ2v) is 3.57. The second kappa shape index (κ2) is 9.53. The zero-order valence-corrected chi connectivity index (χ0v) is 9.70. The summed E-state index contributed by atoms with van der Waals surface area (Å²) in [5.41, 5.74) is 0. The number of aromatic hydroxyl groups is 1. The lowest BCUT2D eigenvalue weighted by Crippen LogP contribution is -1.84. The van der Waals surface area contributed by atoms with Crippen LogP contribution in [0.1, 0.15) is 32.6 Å². The first kappa shape index (κ1) is 14.0. The number of para-hydroxylation sites is 1. The average molecular weight is 229 g/mol. The van der Waals surface area contributed by atoms with E-state index in [9.17, 15) is 4.79 Å². The van der Waals surface area contributed by atoms with Crippen molar-refractivity contribution in [2.75, 3.05) is 0 Å². The highest BCUT2D eigenvalue weighted by atomic mass is 35.5. The SMILES string of the molecule is CCCCCC(=O)Cl.Oc1ccccc1. The van der Waals surface area contributed by atoms with Crippen LogP contribution >= 0.6 is 11.6 Å². The van der Waals surface area contributed by atoms with Gasteiger partial charge in [0.25, 0.3) is 0 Å². The van der Waals surface area contributed by atoms with Gasteiger partial charge in [0.15, 0.2) is 0 Å². The Kier molecular flexibility index (Phi) is 8.88. The highest BCUT2D eigenvalue weighted by Gasteiger charge is 1.92. The van der Waals surface area contributed by atoms with Crippen molar-refractivity contribution >= 4 is 16.8 Å². The van der Waals surface area contributed by atoms with E-state index in [0.717, 1.165) is 19.3 Å². The summed E-state index contributed by atoms with van der Waals surface area (Å²) in [5, 5.41) is 8.42. The number of phenols is 1. The van der Waals surface area contributed by atoms with Crippen LogP contribution in [0.15, 0.2) is 30.3 Å². The molecule has 2 nitrogen and oxygen atoms in total. The minimum absolute atomic E-state index is 0.210. The van der Waals surface area contributed by atoms with Gasteiger partial charge in [-0.15, -0.1) is 0 Å². The number of carbonyl (C=O) groups excluding carboxylic acids is 1. The van der Waals surface area contributed by atoms with Gasteiger partial charge in [-0.1, -0.05) is 38.0 Å². The van der Waals surface area contributed by atoms with Crippen molar-refractivity contribution in [3.63, 3.8) is 0 Å². The molecule has 0 saturated heterocycles. The Morgan fingerprint density at radius 3 is 2.20 bits per heavy atom. The van der Waals surface area contributed by atoms with Crippen molar-refractivity contribution in [2.24, 2.45) is 0 Å². The number of phenolic OH excluding ortho intramolecular Hbond substituents is 1. The van der Waals surface area contributed by atoms with Crippen LogP contribution in [0.3, 0.4) is 0 Å². The van der Waals surface area contributed by atoms with Crippen LogP contribution in [0.2, 0.25) is 0 Å². The Balaban J connectivity index is 0.000000262. The first-order valence-corrected chi connectivity index (χ1v) is 5.47. The fourth-order valence-corrected chi connectivity index (χ4v) is 1.08. The Morgan fingerprint density at radius 1 is 1.27 bits per heavy atom.